The molecule has 0 aliphatic heterocycles. The Kier molecular flexibility index (Phi) is 4.63. The van der Waals surface area contributed by atoms with Crippen LogP contribution in [0.15, 0.2) is 51.9 Å². The number of nitrogens with zero attached hydrogens (tertiary/aromatic N) is 1. The fraction of sp³-hybridized carbons (Fsp3) is 0.111. The Morgan fingerprint density at radius 3 is 2.56 bits per heavy atom. The number of primary amides is 1. The van der Waals surface area contributed by atoms with Gasteiger partial charge in [-0.3, -0.25) is 4.79 Å². The number of ether oxygens (including phenoxy) is 2. The lowest BCUT2D eigenvalue weighted by Gasteiger charge is -2.07. The van der Waals surface area contributed by atoms with Gasteiger partial charge in [0, 0.05) is 10.4 Å². The summed E-state index contributed by atoms with van der Waals surface area (Å²) in [6.45, 7) is 0. The molecule has 1 aromatic heterocycles. The van der Waals surface area contributed by atoms with Gasteiger partial charge >= 0.3 is 0 Å². The number of methoxy groups -OCH3 is 2. The number of benzene rings is 2. The van der Waals surface area contributed by atoms with E-state index in [9.17, 15) is 4.79 Å². The van der Waals surface area contributed by atoms with Gasteiger partial charge in [-0.25, -0.2) is 4.99 Å². The molecule has 6 nitrogen and oxygen atoms in total. The fourth-order valence-electron chi connectivity index (χ4n) is 2.40. The predicted octanol–water partition coefficient (Wildman–Crippen LogP) is 3.43. The first-order valence-electron chi connectivity index (χ1n) is 7.32. The second kappa shape index (κ2) is 6.86. The second-order valence-corrected chi connectivity index (χ2v) is 5.57. The van der Waals surface area contributed by atoms with Crippen molar-refractivity contribution in [3.05, 3.63) is 58.6 Å². The summed E-state index contributed by atoms with van der Waals surface area (Å²) in [7, 11) is 3.04. The summed E-state index contributed by atoms with van der Waals surface area (Å²) in [5, 5.41) is 1.14. The summed E-state index contributed by atoms with van der Waals surface area (Å²) in [6, 6.07) is 11.9. The molecule has 3 rings (SSSR count). The van der Waals surface area contributed by atoms with Gasteiger partial charge in [0.15, 0.2) is 11.3 Å². The van der Waals surface area contributed by atoms with Crippen molar-refractivity contribution >= 4 is 34.2 Å². The van der Waals surface area contributed by atoms with Gasteiger partial charge in [-0.05, 0) is 30.3 Å². The van der Waals surface area contributed by atoms with Gasteiger partial charge in [0.05, 0.1) is 14.2 Å². The second-order valence-electron chi connectivity index (χ2n) is 5.14. The minimum absolute atomic E-state index is 0.0464. The van der Waals surface area contributed by atoms with E-state index in [0.29, 0.717) is 33.2 Å². The Balaban J connectivity index is 2.36. The van der Waals surface area contributed by atoms with Crippen LogP contribution in [0.2, 0.25) is 5.02 Å². The molecular weight excluding hydrogens is 344 g/mol. The number of amides is 1. The van der Waals surface area contributed by atoms with Gasteiger partial charge in [0.1, 0.15) is 17.0 Å². The van der Waals surface area contributed by atoms with E-state index in [1.165, 1.54) is 14.2 Å². The van der Waals surface area contributed by atoms with Crippen molar-refractivity contribution in [1.82, 2.24) is 0 Å². The number of para-hydroxylation sites is 1. The average molecular weight is 359 g/mol. The molecule has 0 saturated carbocycles. The molecule has 2 N–H and O–H groups in total. The van der Waals surface area contributed by atoms with Crippen molar-refractivity contribution in [2.45, 2.75) is 0 Å². The number of carbonyl (C=O) groups excluding carboxylic acids is 1. The number of rotatable bonds is 4. The molecule has 3 aromatic rings. The average Bonchev–Trinajstić information content (AvgIpc) is 2.60. The molecule has 0 radical (unpaired) electrons. The SMILES string of the molecule is COc1ccc(Cl)cc1N=c1oc2c(OC)cccc2cc1C(N)=O. The molecule has 0 fully saturated rings. The van der Waals surface area contributed by atoms with Gasteiger partial charge in [-0.2, -0.15) is 0 Å². The molecule has 0 aliphatic rings. The Morgan fingerprint density at radius 1 is 1.12 bits per heavy atom. The van der Waals surface area contributed by atoms with E-state index in [4.69, 9.17) is 31.2 Å². The number of halogens is 1. The summed E-state index contributed by atoms with van der Waals surface area (Å²) in [5.41, 5.74) is 6.54. The summed E-state index contributed by atoms with van der Waals surface area (Å²) < 4.78 is 16.4. The van der Waals surface area contributed by atoms with Crippen LogP contribution < -0.4 is 20.8 Å². The molecule has 0 bridgehead atoms. The van der Waals surface area contributed by atoms with Gasteiger partial charge in [-0.15, -0.1) is 0 Å². The highest BCUT2D eigenvalue weighted by Gasteiger charge is 2.13. The Morgan fingerprint density at radius 2 is 1.88 bits per heavy atom. The van der Waals surface area contributed by atoms with Crippen molar-refractivity contribution in [1.29, 1.82) is 0 Å². The number of fused-ring (bicyclic) bond motifs is 1. The smallest absolute Gasteiger partial charge is 0.254 e. The molecule has 2 aromatic carbocycles. The van der Waals surface area contributed by atoms with Crippen LogP contribution in [-0.2, 0) is 0 Å². The molecule has 7 heteroatoms. The van der Waals surface area contributed by atoms with E-state index in [2.05, 4.69) is 4.99 Å². The first kappa shape index (κ1) is 16.9. The third-order valence-electron chi connectivity index (χ3n) is 3.59. The first-order chi connectivity index (χ1) is 12.0. The largest absolute Gasteiger partial charge is 0.494 e. The molecule has 0 saturated heterocycles. The monoisotopic (exact) mass is 358 g/mol. The molecule has 0 unspecified atom stereocenters. The van der Waals surface area contributed by atoms with Gasteiger partial charge < -0.3 is 19.6 Å². The highest BCUT2D eigenvalue weighted by atomic mass is 35.5. The van der Waals surface area contributed by atoms with E-state index >= 15 is 0 Å². The number of hydrogen-bond acceptors (Lipinski definition) is 5. The van der Waals surface area contributed by atoms with Crippen LogP contribution in [0, 0.1) is 0 Å². The zero-order valence-electron chi connectivity index (χ0n) is 13.6. The molecule has 25 heavy (non-hydrogen) atoms. The predicted molar refractivity (Wildman–Crippen MR) is 94.5 cm³/mol. The molecule has 0 spiro atoms. The first-order valence-corrected chi connectivity index (χ1v) is 7.70. The van der Waals surface area contributed by atoms with E-state index in [-0.39, 0.29) is 11.1 Å². The van der Waals surface area contributed by atoms with Crippen molar-refractivity contribution in [3.63, 3.8) is 0 Å². The highest BCUT2D eigenvalue weighted by molar-refractivity contribution is 6.30. The lowest BCUT2D eigenvalue weighted by Crippen LogP contribution is -2.21. The van der Waals surface area contributed by atoms with Crippen LogP contribution in [0.4, 0.5) is 5.69 Å². The van der Waals surface area contributed by atoms with Gasteiger partial charge in [-0.1, -0.05) is 23.7 Å². The molecule has 0 atom stereocenters. The zero-order valence-corrected chi connectivity index (χ0v) is 14.3. The molecule has 1 amide bonds. The van der Waals surface area contributed by atoms with E-state index in [0.717, 1.165) is 0 Å². The van der Waals surface area contributed by atoms with Gasteiger partial charge in [0.25, 0.3) is 5.91 Å². The van der Waals surface area contributed by atoms with Crippen molar-refractivity contribution in [2.75, 3.05) is 14.2 Å². The van der Waals surface area contributed by atoms with E-state index < -0.39 is 5.91 Å². The molecule has 0 aliphatic carbocycles. The minimum Gasteiger partial charge on any atom is -0.494 e. The maximum atomic E-state index is 11.8. The number of carbonyl (C=O) groups is 1. The molecule has 1 heterocycles. The Labute approximate surface area is 148 Å². The minimum atomic E-state index is -0.659. The van der Waals surface area contributed by atoms with Crippen LogP contribution in [0.1, 0.15) is 10.4 Å². The van der Waals surface area contributed by atoms with Gasteiger partial charge in [0.2, 0.25) is 5.55 Å². The lowest BCUT2D eigenvalue weighted by atomic mass is 10.1. The van der Waals surface area contributed by atoms with Crippen molar-refractivity contribution in [3.8, 4) is 11.5 Å². The standard InChI is InChI=1S/C18H15ClN2O4/c1-23-14-7-6-11(19)9-13(14)21-18-12(17(20)22)8-10-4-3-5-15(24-2)16(10)25-18/h3-9H,1-2H3,(H2,20,22). The maximum Gasteiger partial charge on any atom is 0.254 e. The lowest BCUT2D eigenvalue weighted by molar-refractivity contribution is 0.0996. The maximum absolute atomic E-state index is 11.8. The van der Waals surface area contributed by atoms with Crippen LogP contribution in [0.25, 0.3) is 11.0 Å². The third kappa shape index (κ3) is 3.29. The zero-order chi connectivity index (χ0) is 18.0. The van der Waals surface area contributed by atoms with Crippen LogP contribution >= 0.6 is 11.6 Å². The number of hydrogen-bond donors (Lipinski definition) is 1. The quantitative estimate of drug-likeness (QED) is 0.774. The van der Waals surface area contributed by atoms with Crippen molar-refractivity contribution < 1.29 is 18.7 Å². The normalized spacial score (nSPS) is 11.6. The summed E-state index contributed by atoms with van der Waals surface area (Å²) in [5.74, 6) is 0.339. The summed E-state index contributed by atoms with van der Waals surface area (Å²) in [6.07, 6.45) is 0. The number of nitrogens with two attached hydrogens (primary N) is 1. The Bertz CT molecular complexity index is 1030. The van der Waals surface area contributed by atoms with E-state index in [1.54, 1.807) is 42.5 Å². The highest BCUT2D eigenvalue weighted by Crippen LogP contribution is 2.30. The third-order valence-corrected chi connectivity index (χ3v) is 3.82. The summed E-state index contributed by atoms with van der Waals surface area (Å²) >= 11 is 6.03. The fourth-order valence-corrected chi connectivity index (χ4v) is 2.57. The molecular formula is C18H15ClN2O4. The van der Waals surface area contributed by atoms with Crippen LogP contribution in [0.3, 0.4) is 0 Å². The van der Waals surface area contributed by atoms with Crippen LogP contribution in [0.5, 0.6) is 11.5 Å². The Hall–Kier alpha value is -2.99. The van der Waals surface area contributed by atoms with Crippen LogP contribution in [-0.4, -0.2) is 20.1 Å². The topological polar surface area (TPSA) is 87.1 Å². The van der Waals surface area contributed by atoms with E-state index in [1.807, 2.05) is 0 Å². The molecule has 128 valence electrons. The van der Waals surface area contributed by atoms with Crippen molar-refractivity contribution in [2.24, 2.45) is 10.7 Å². The summed E-state index contributed by atoms with van der Waals surface area (Å²) in [4.78, 5) is 16.2.